The molecule has 1 aliphatic heterocycles. The van der Waals surface area contributed by atoms with Gasteiger partial charge >= 0.3 is 0 Å². The van der Waals surface area contributed by atoms with E-state index in [1.54, 1.807) is 7.11 Å². The van der Waals surface area contributed by atoms with Crippen molar-refractivity contribution in [1.82, 2.24) is 0 Å². The van der Waals surface area contributed by atoms with Crippen LogP contribution in [0.4, 0.5) is 0 Å². The van der Waals surface area contributed by atoms with Crippen LogP contribution in [0.15, 0.2) is 4.99 Å². The lowest BCUT2D eigenvalue weighted by molar-refractivity contribution is 0.386. The SMILES string of the molecule is C#CCC1CCCCC(OC)=N1. The highest BCUT2D eigenvalue weighted by molar-refractivity contribution is 5.76. The van der Waals surface area contributed by atoms with E-state index in [4.69, 9.17) is 11.2 Å². The lowest BCUT2D eigenvalue weighted by atomic mass is 10.1. The van der Waals surface area contributed by atoms with Crippen molar-refractivity contribution in [3.63, 3.8) is 0 Å². The second kappa shape index (κ2) is 4.82. The number of hydrogen-bond donors (Lipinski definition) is 0. The Balaban J connectivity index is 2.55. The Kier molecular flexibility index (Phi) is 3.66. The summed E-state index contributed by atoms with van der Waals surface area (Å²) in [6.45, 7) is 0. The molecule has 0 aromatic heterocycles. The van der Waals surface area contributed by atoms with Gasteiger partial charge in [-0.3, -0.25) is 4.99 Å². The summed E-state index contributed by atoms with van der Waals surface area (Å²) in [6, 6.07) is 0.299. The van der Waals surface area contributed by atoms with Crippen LogP contribution in [0.2, 0.25) is 0 Å². The van der Waals surface area contributed by atoms with Gasteiger partial charge in [-0.2, -0.15) is 0 Å². The van der Waals surface area contributed by atoms with Gasteiger partial charge in [0, 0.05) is 12.8 Å². The largest absolute Gasteiger partial charge is 0.484 e. The normalized spacial score (nSPS) is 23.7. The fourth-order valence-corrected chi connectivity index (χ4v) is 1.43. The minimum absolute atomic E-state index is 0.299. The highest BCUT2D eigenvalue weighted by atomic mass is 16.5. The Morgan fingerprint density at radius 2 is 2.50 bits per heavy atom. The first-order valence-electron chi connectivity index (χ1n) is 4.41. The molecule has 0 saturated heterocycles. The molecule has 1 rings (SSSR count). The summed E-state index contributed by atoms with van der Waals surface area (Å²) in [6.07, 6.45) is 10.4. The summed E-state index contributed by atoms with van der Waals surface area (Å²) in [5.41, 5.74) is 0. The Morgan fingerprint density at radius 3 is 3.17 bits per heavy atom. The van der Waals surface area contributed by atoms with Gasteiger partial charge < -0.3 is 4.74 Å². The van der Waals surface area contributed by atoms with E-state index in [-0.39, 0.29) is 0 Å². The van der Waals surface area contributed by atoms with Crippen LogP contribution < -0.4 is 0 Å². The number of nitrogens with zero attached hydrogens (tertiary/aromatic N) is 1. The predicted molar refractivity (Wildman–Crippen MR) is 50.2 cm³/mol. The maximum Gasteiger partial charge on any atom is 0.183 e. The number of aliphatic imine (C=N–C) groups is 1. The van der Waals surface area contributed by atoms with Gasteiger partial charge in [0.2, 0.25) is 0 Å². The number of terminal acetylenes is 1. The highest BCUT2D eigenvalue weighted by Crippen LogP contribution is 2.15. The van der Waals surface area contributed by atoms with Gasteiger partial charge in [-0.05, 0) is 12.8 Å². The van der Waals surface area contributed by atoms with Crippen LogP contribution in [0.5, 0.6) is 0 Å². The molecule has 0 fully saturated rings. The molecular weight excluding hydrogens is 150 g/mol. The van der Waals surface area contributed by atoms with E-state index in [1.165, 1.54) is 12.8 Å². The zero-order valence-corrected chi connectivity index (χ0v) is 7.55. The van der Waals surface area contributed by atoms with Gasteiger partial charge in [0.05, 0.1) is 13.2 Å². The van der Waals surface area contributed by atoms with Crippen LogP contribution in [0, 0.1) is 12.3 Å². The summed E-state index contributed by atoms with van der Waals surface area (Å²) >= 11 is 0. The third-order valence-corrected chi connectivity index (χ3v) is 2.09. The molecule has 0 bridgehead atoms. The number of rotatable bonds is 1. The van der Waals surface area contributed by atoms with Crippen LogP contribution in [0.3, 0.4) is 0 Å². The first-order chi connectivity index (χ1) is 5.86. The summed E-state index contributed by atoms with van der Waals surface area (Å²) in [4.78, 5) is 4.44. The summed E-state index contributed by atoms with van der Waals surface area (Å²) in [7, 11) is 1.68. The monoisotopic (exact) mass is 165 g/mol. The van der Waals surface area contributed by atoms with Gasteiger partial charge in [0.15, 0.2) is 5.90 Å². The number of methoxy groups -OCH3 is 1. The lowest BCUT2D eigenvalue weighted by Gasteiger charge is -2.06. The van der Waals surface area contributed by atoms with Crippen molar-refractivity contribution < 1.29 is 4.74 Å². The summed E-state index contributed by atoms with van der Waals surface area (Å²) in [5.74, 6) is 3.52. The molecule has 0 aromatic carbocycles. The highest BCUT2D eigenvalue weighted by Gasteiger charge is 2.12. The van der Waals surface area contributed by atoms with E-state index < -0.39 is 0 Å². The van der Waals surface area contributed by atoms with E-state index >= 15 is 0 Å². The van der Waals surface area contributed by atoms with E-state index in [0.717, 1.165) is 25.2 Å². The smallest absolute Gasteiger partial charge is 0.183 e. The van der Waals surface area contributed by atoms with Gasteiger partial charge in [-0.15, -0.1) is 12.3 Å². The Hall–Kier alpha value is -0.970. The van der Waals surface area contributed by atoms with E-state index in [2.05, 4.69) is 10.9 Å². The van der Waals surface area contributed by atoms with Gasteiger partial charge in [-0.1, -0.05) is 6.42 Å². The molecule has 0 spiro atoms. The second-order valence-electron chi connectivity index (χ2n) is 3.03. The molecule has 0 aliphatic carbocycles. The molecule has 1 heterocycles. The maximum atomic E-state index is 5.24. The molecule has 2 nitrogen and oxygen atoms in total. The Morgan fingerprint density at radius 1 is 1.67 bits per heavy atom. The van der Waals surface area contributed by atoms with Gasteiger partial charge in [0.1, 0.15) is 0 Å². The van der Waals surface area contributed by atoms with Crippen LogP contribution in [-0.4, -0.2) is 19.0 Å². The minimum atomic E-state index is 0.299. The van der Waals surface area contributed by atoms with E-state index in [1.807, 2.05) is 0 Å². The molecule has 1 aliphatic rings. The van der Waals surface area contributed by atoms with Gasteiger partial charge in [0.25, 0.3) is 0 Å². The molecule has 0 radical (unpaired) electrons. The first-order valence-corrected chi connectivity index (χ1v) is 4.41. The van der Waals surface area contributed by atoms with Crippen molar-refractivity contribution >= 4 is 5.90 Å². The van der Waals surface area contributed by atoms with Gasteiger partial charge in [-0.25, -0.2) is 0 Å². The number of hydrogen-bond acceptors (Lipinski definition) is 2. The molecule has 1 unspecified atom stereocenters. The van der Waals surface area contributed by atoms with Crippen molar-refractivity contribution in [1.29, 1.82) is 0 Å². The first kappa shape index (κ1) is 9.12. The quantitative estimate of drug-likeness (QED) is 0.544. The average Bonchev–Trinajstić information content (AvgIpc) is 2.30. The zero-order chi connectivity index (χ0) is 8.81. The van der Waals surface area contributed by atoms with E-state index in [0.29, 0.717) is 6.04 Å². The fourth-order valence-electron chi connectivity index (χ4n) is 1.43. The molecule has 1 atom stereocenters. The average molecular weight is 165 g/mol. The Bertz CT molecular complexity index is 202. The zero-order valence-electron chi connectivity index (χ0n) is 7.55. The predicted octanol–water partition coefficient (Wildman–Crippen LogP) is 2.00. The molecule has 0 aromatic rings. The molecule has 0 N–H and O–H groups in total. The van der Waals surface area contributed by atoms with Crippen molar-refractivity contribution in [2.75, 3.05) is 7.11 Å². The third kappa shape index (κ3) is 2.58. The standard InChI is InChI=1S/C10H15NO/c1-3-6-9-7-4-5-8-10(11-9)12-2/h1,9H,4-8H2,2H3. The Labute approximate surface area is 74.0 Å². The second-order valence-corrected chi connectivity index (χ2v) is 3.03. The fraction of sp³-hybridized carbons (Fsp3) is 0.700. The van der Waals surface area contributed by atoms with Crippen LogP contribution in [0.1, 0.15) is 32.1 Å². The van der Waals surface area contributed by atoms with Crippen molar-refractivity contribution in [3.8, 4) is 12.3 Å². The lowest BCUT2D eigenvalue weighted by Crippen LogP contribution is -2.06. The van der Waals surface area contributed by atoms with Crippen LogP contribution in [-0.2, 0) is 4.74 Å². The summed E-state index contributed by atoms with van der Waals surface area (Å²) in [5, 5.41) is 0. The molecule has 66 valence electrons. The van der Waals surface area contributed by atoms with Crippen LogP contribution in [0.25, 0.3) is 0 Å². The van der Waals surface area contributed by atoms with E-state index in [9.17, 15) is 0 Å². The number of ether oxygens (including phenoxy) is 1. The molecule has 0 saturated carbocycles. The topological polar surface area (TPSA) is 21.6 Å². The van der Waals surface area contributed by atoms with Crippen LogP contribution >= 0.6 is 0 Å². The third-order valence-electron chi connectivity index (χ3n) is 2.09. The maximum absolute atomic E-state index is 5.24. The molecule has 12 heavy (non-hydrogen) atoms. The summed E-state index contributed by atoms with van der Waals surface area (Å²) < 4.78 is 5.13. The van der Waals surface area contributed by atoms with Crippen molar-refractivity contribution in [2.45, 2.75) is 38.1 Å². The molecule has 2 heteroatoms. The minimum Gasteiger partial charge on any atom is -0.484 e. The van der Waals surface area contributed by atoms with Crippen molar-refractivity contribution in [3.05, 3.63) is 0 Å². The van der Waals surface area contributed by atoms with Crippen molar-refractivity contribution in [2.24, 2.45) is 4.99 Å². The molecule has 0 amide bonds. The molecular formula is C10H15NO.